The smallest absolute Gasteiger partial charge is 0.309 e. The van der Waals surface area contributed by atoms with Crippen LogP contribution in [0.15, 0.2) is 84.1 Å². The van der Waals surface area contributed by atoms with Gasteiger partial charge in [-0.1, -0.05) is 82.1 Å². The molecule has 0 unspecified atom stereocenters. The Morgan fingerprint density at radius 3 is 2.40 bits per heavy atom. The van der Waals surface area contributed by atoms with Gasteiger partial charge < -0.3 is 14.7 Å². The molecule has 244 valence electrons. The van der Waals surface area contributed by atoms with Crippen LogP contribution in [0, 0.1) is 11.3 Å². The van der Waals surface area contributed by atoms with Crippen LogP contribution in [0.5, 0.6) is 5.75 Å². The molecular formula is C40H46N3O3S+. The first-order valence-corrected chi connectivity index (χ1v) is 17.7. The summed E-state index contributed by atoms with van der Waals surface area (Å²) in [4.78, 5) is 14.0. The third-order valence-corrected chi connectivity index (χ3v) is 10.4. The molecule has 1 aromatic heterocycles. The minimum absolute atomic E-state index is 0.0213. The average molecular weight is 649 g/mol. The Morgan fingerprint density at radius 1 is 1.04 bits per heavy atom. The van der Waals surface area contributed by atoms with Gasteiger partial charge in [-0.05, 0) is 78.1 Å². The summed E-state index contributed by atoms with van der Waals surface area (Å²) in [6.45, 7) is 7.97. The summed E-state index contributed by atoms with van der Waals surface area (Å²) in [7, 11) is 1.73. The van der Waals surface area contributed by atoms with Gasteiger partial charge in [0.2, 0.25) is 5.52 Å². The average Bonchev–Trinajstić information content (AvgIpc) is 3.55. The normalized spacial score (nSPS) is 15.2. The predicted octanol–water partition coefficient (Wildman–Crippen LogP) is 9.72. The number of benzene rings is 3. The highest BCUT2D eigenvalue weighted by molar-refractivity contribution is 7.19. The van der Waals surface area contributed by atoms with Gasteiger partial charge in [-0.3, -0.25) is 4.79 Å². The number of rotatable bonds is 15. The number of aryl methyl sites for hydroxylation is 1. The maximum absolute atomic E-state index is 11.6. The first-order valence-electron chi connectivity index (χ1n) is 16.9. The van der Waals surface area contributed by atoms with E-state index in [0.717, 1.165) is 83.2 Å². The van der Waals surface area contributed by atoms with E-state index in [-0.39, 0.29) is 11.8 Å². The lowest BCUT2D eigenvalue weighted by atomic mass is 9.71. The third-order valence-electron chi connectivity index (χ3n) is 9.26. The summed E-state index contributed by atoms with van der Waals surface area (Å²) in [5, 5.41) is 23.0. The van der Waals surface area contributed by atoms with Gasteiger partial charge in [0, 0.05) is 35.5 Å². The van der Waals surface area contributed by atoms with Crippen LogP contribution in [-0.4, -0.2) is 24.7 Å². The number of carbonyl (C=O) groups is 1. The molecule has 1 aliphatic rings. The van der Waals surface area contributed by atoms with Gasteiger partial charge >= 0.3 is 5.97 Å². The molecule has 0 bridgehead atoms. The molecule has 0 fully saturated rings. The van der Waals surface area contributed by atoms with Gasteiger partial charge in [-0.15, -0.1) is 0 Å². The maximum atomic E-state index is 11.6. The number of ether oxygens (including phenoxy) is 1. The van der Waals surface area contributed by atoms with Crippen molar-refractivity contribution in [1.82, 2.24) is 0 Å². The number of hydrogen-bond donors (Lipinski definition) is 1. The van der Waals surface area contributed by atoms with Crippen molar-refractivity contribution in [2.75, 3.05) is 18.6 Å². The van der Waals surface area contributed by atoms with Crippen molar-refractivity contribution in [1.29, 1.82) is 5.26 Å². The molecule has 0 amide bonds. The number of allylic oxidation sites excluding steroid dienone is 5. The van der Waals surface area contributed by atoms with E-state index in [1.807, 2.05) is 30.4 Å². The van der Waals surface area contributed by atoms with Gasteiger partial charge in [0.05, 0.1) is 18.8 Å². The predicted molar refractivity (Wildman–Crippen MR) is 194 cm³/mol. The number of unbranched alkanes of at least 4 members (excludes halogenated alkanes) is 2. The Balaban J connectivity index is 1.60. The molecule has 0 aliphatic carbocycles. The summed E-state index contributed by atoms with van der Waals surface area (Å²) >= 11 is 1.62. The topological polar surface area (TPSA) is 77.4 Å². The fourth-order valence-corrected chi connectivity index (χ4v) is 8.04. The number of carboxylic acid groups (broad SMARTS) is 1. The Kier molecular flexibility index (Phi) is 11.2. The lowest BCUT2D eigenvalue weighted by Gasteiger charge is -2.34. The number of thiazole rings is 1. The van der Waals surface area contributed by atoms with Gasteiger partial charge in [0.25, 0.3) is 5.01 Å². The van der Waals surface area contributed by atoms with Crippen LogP contribution < -0.4 is 14.2 Å². The lowest BCUT2D eigenvalue weighted by Crippen LogP contribution is -2.36. The number of nitriles is 1. The van der Waals surface area contributed by atoms with Gasteiger partial charge in [0.1, 0.15) is 16.9 Å². The summed E-state index contributed by atoms with van der Waals surface area (Å²) in [5.74, 6) is 0.0423. The number of aliphatic carboxylic acids is 1. The van der Waals surface area contributed by atoms with E-state index in [2.05, 4.69) is 84.8 Å². The second kappa shape index (κ2) is 15.5. The van der Waals surface area contributed by atoms with Gasteiger partial charge in [0.15, 0.2) is 6.54 Å². The van der Waals surface area contributed by atoms with Crippen molar-refractivity contribution in [2.45, 2.75) is 84.1 Å². The highest BCUT2D eigenvalue weighted by Crippen LogP contribution is 2.54. The third kappa shape index (κ3) is 7.13. The molecule has 0 radical (unpaired) electrons. The van der Waals surface area contributed by atoms with Crippen LogP contribution in [0.3, 0.4) is 0 Å². The number of nitrogens with zero attached hydrogens (tertiary/aromatic N) is 3. The van der Waals surface area contributed by atoms with E-state index >= 15 is 0 Å². The van der Waals surface area contributed by atoms with Crippen molar-refractivity contribution in [3.05, 3.63) is 94.7 Å². The van der Waals surface area contributed by atoms with Crippen molar-refractivity contribution >= 4 is 50.1 Å². The van der Waals surface area contributed by atoms with Crippen LogP contribution in [0.1, 0.15) is 82.7 Å². The molecule has 0 spiro atoms. The fraction of sp³-hybridized carbons (Fsp3) is 0.375. The van der Waals surface area contributed by atoms with Crippen LogP contribution in [-0.2, 0) is 16.8 Å². The summed E-state index contributed by atoms with van der Waals surface area (Å²) in [6.07, 6.45) is 15.6. The summed E-state index contributed by atoms with van der Waals surface area (Å²) in [6, 6.07) is 21.4. The number of aromatic nitrogens is 1. The molecule has 0 saturated heterocycles. The zero-order chi connectivity index (χ0) is 33.4. The molecule has 7 heteroatoms. The molecule has 1 N–H and O–H groups in total. The quantitative estimate of drug-likeness (QED) is 0.0789. The molecule has 0 saturated carbocycles. The van der Waals surface area contributed by atoms with E-state index in [0.29, 0.717) is 12.1 Å². The second-order valence-corrected chi connectivity index (χ2v) is 13.4. The monoisotopic (exact) mass is 648 g/mol. The number of hydrogen-bond acceptors (Lipinski definition) is 5. The van der Waals surface area contributed by atoms with Crippen LogP contribution >= 0.6 is 11.3 Å². The SMILES string of the molecule is CCCCC1(CCCC)C(=CC=C(C#N)C=Cc2sc3cc4ccccc4cc3[n+]2CCC(=O)O)N(CCC)c2ccc(OC)cc21. The van der Waals surface area contributed by atoms with E-state index < -0.39 is 5.97 Å². The fourth-order valence-electron chi connectivity index (χ4n) is 6.92. The highest BCUT2D eigenvalue weighted by Gasteiger charge is 2.46. The number of methoxy groups -OCH3 is 1. The highest BCUT2D eigenvalue weighted by atomic mass is 32.1. The van der Waals surface area contributed by atoms with Gasteiger partial charge in [-0.25, -0.2) is 0 Å². The molecule has 0 atom stereocenters. The minimum atomic E-state index is -0.835. The van der Waals surface area contributed by atoms with Gasteiger partial charge in [-0.2, -0.15) is 9.83 Å². The van der Waals surface area contributed by atoms with Crippen LogP contribution in [0.4, 0.5) is 5.69 Å². The molecule has 2 heterocycles. The Bertz CT molecular complexity index is 1870. The minimum Gasteiger partial charge on any atom is -0.497 e. The standard InChI is InChI=1S/C40H45N3O3S/c1-5-8-21-40(22-9-6-2)33-27-32(46-4)16-17-34(33)42(23-7-3)37(40)18-14-29(28-41)15-19-38-43(24-20-39(44)45)35-25-30-12-10-11-13-31(30)26-36(35)47-38/h10-19,25-27H,5-9,20-24H2,1-4H3/p+1. The van der Waals surface area contributed by atoms with E-state index in [4.69, 9.17) is 4.74 Å². The number of carboxylic acids is 1. The summed E-state index contributed by atoms with van der Waals surface area (Å²) < 4.78 is 8.86. The van der Waals surface area contributed by atoms with Crippen molar-refractivity contribution in [2.24, 2.45) is 0 Å². The van der Waals surface area contributed by atoms with E-state index in [9.17, 15) is 15.2 Å². The second-order valence-electron chi connectivity index (χ2n) is 12.3. The van der Waals surface area contributed by atoms with E-state index in [1.54, 1.807) is 18.4 Å². The van der Waals surface area contributed by atoms with E-state index in [1.165, 1.54) is 16.9 Å². The van der Waals surface area contributed by atoms with Crippen LogP contribution in [0.25, 0.3) is 27.1 Å². The maximum Gasteiger partial charge on any atom is 0.309 e. The van der Waals surface area contributed by atoms with Crippen molar-refractivity contribution in [3.8, 4) is 11.8 Å². The first-order chi connectivity index (χ1) is 22.9. The molecular weight excluding hydrogens is 603 g/mol. The molecule has 1 aliphatic heterocycles. The molecule has 47 heavy (non-hydrogen) atoms. The Morgan fingerprint density at radius 2 is 1.77 bits per heavy atom. The Hall–Kier alpha value is -4.41. The zero-order valence-corrected chi connectivity index (χ0v) is 28.9. The Labute approximate surface area is 282 Å². The van der Waals surface area contributed by atoms with Crippen molar-refractivity contribution < 1.29 is 19.2 Å². The zero-order valence-electron chi connectivity index (χ0n) is 28.1. The molecule has 6 nitrogen and oxygen atoms in total. The summed E-state index contributed by atoms with van der Waals surface area (Å²) in [5.41, 5.74) is 5.23. The molecule has 3 aromatic carbocycles. The van der Waals surface area contributed by atoms with Crippen molar-refractivity contribution in [3.63, 3.8) is 0 Å². The van der Waals surface area contributed by atoms with Crippen LogP contribution in [0.2, 0.25) is 0 Å². The molecule has 5 rings (SSSR count). The largest absolute Gasteiger partial charge is 0.497 e. The molecule has 4 aromatic rings. The number of anilines is 1. The number of fused-ring (bicyclic) bond motifs is 3. The lowest BCUT2D eigenvalue weighted by molar-refractivity contribution is -0.667. The first kappa shape index (κ1) is 33.9.